The lowest BCUT2D eigenvalue weighted by atomic mass is 9.82. The van der Waals surface area contributed by atoms with Gasteiger partial charge in [-0.3, -0.25) is 14.6 Å². The van der Waals surface area contributed by atoms with Gasteiger partial charge in [0.25, 0.3) is 11.5 Å². The lowest BCUT2D eigenvalue weighted by molar-refractivity contribution is -0.274. The van der Waals surface area contributed by atoms with E-state index in [0.717, 1.165) is 6.07 Å². The van der Waals surface area contributed by atoms with Crippen LogP contribution in [0.4, 0.5) is 19.1 Å². The lowest BCUT2D eigenvalue weighted by Crippen LogP contribution is -2.37. The van der Waals surface area contributed by atoms with Crippen LogP contribution in [0.2, 0.25) is 0 Å². The van der Waals surface area contributed by atoms with Gasteiger partial charge in [-0.15, -0.1) is 13.2 Å². The van der Waals surface area contributed by atoms with Crippen LogP contribution in [0.5, 0.6) is 5.75 Å². The molecule has 0 spiro atoms. The fourth-order valence-corrected chi connectivity index (χ4v) is 2.64. The van der Waals surface area contributed by atoms with Crippen LogP contribution in [0.1, 0.15) is 42.9 Å². The Labute approximate surface area is 165 Å². The fourth-order valence-electron chi connectivity index (χ4n) is 2.64. The number of aromatic amines is 1. The van der Waals surface area contributed by atoms with Crippen molar-refractivity contribution in [1.82, 2.24) is 15.3 Å². The Morgan fingerprint density at radius 3 is 2.24 bits per heavy atom. The third-order valence-electron chi connectivity index (χ3n) is 3.97. The minimum absolute atomic E-state index is 0.0660. The molecule has 1 amide bonds. The van der Waals surface area contributed by atoms with E-state index in [1.54, 1.807) is 19.0 Å². The van der Waals surface area contributed by atoms with E-state index in [4.69, 9.17) is 0 Å². The maximum absolute atomic E-state index is 12.7. The summed E-state index contributed by atoms with van der Waals surface area (Å²) in [6.07, 6.45) is -4.78. The minimum atomic E-state index is -4.78. The molecule has 2 rings (SSSR count). The van der Waals surface area contributed by atoms with Gasteiger partial charge in [0.15, 0.2) is 0 Å². The summed E-state index contributed by atoms with van der Waals surface area (Å²) in [7, 11) is 3.34. The Morgan fingerprint density at radius 1 is 1.17 bits per heavy atom. The summed E-state index contributed by atoms with van der Waals surface area (Å²) >= 11 is 0. The van der Waals surface area contributed by atoms with Gasteiger partial charge in [0, 0.05) is 20.2 Å². The van der Waals surface area contributed by atoms with Crippen molar-refractivity contribution in [3.05, 3.63) is 51.9 Å². The fraction of sp³-hybridized carbons (Fsp3) is 0.421. The molecule has 10 heteroatoms. The van der Waals surface area contributed by atoms with Crippen LogP contribution in [0.3, 0.4) is 0 Å². The molecule has 0 aliphatic rings. The summed E-state index contributed by atoms with van der Waals surface area (Å²) in [5.74, 6) is -0.703. The van der Waals surface area contributed by atoms with Crippen LogP contribution in [0.25, 0.3) is 0 Å². The molecule has 0 saturated carbocycles. The largest absolute Gasteiger partial charge is 0.573 e. The van der Waals surface area contributed by atoms with E-state index in [-0.39, 0.29) is 17.4 Å². The van der Waals surface area contributed by atoms with Crippen LogP contribution in [-0.4, -0.2) is 36.3 Å². The van der Waals surface area contributed by atoms with E-state index >= 15 is 0 Å². The van der Waals surface area contributed by atoms with E-state index in [9.17, 15) is 22.8 Å². The van der Waals surface area contributed by atoms with E-state index in [0.29, 0.717) is 5.56 Å². The molecule has 0 fully saturated rings. The lowest BCUT2D eigenvalue weighted by Gasteiger charge is -2.32. The van der Waals surface area contributed by atoms with Crippen molar-refractivity contribution >= 4 is 11.9 Å². The molecule has 1 heterocycles. The third-order valence-corrected chi connectivity index (χ3v) is 3.97. The molecule has 1 atom stereocenters. The molecular weight excluding hydrogens is 389 g/mol. The van der Waals surface area contributed by atoms with Gasteiger partial charge < -0.3 is 15.0 Å². The molecule has 2 aromatic rings. The highest BCUT2D eigenvalue weighted by Crippen LogP contribution is 2.34. The quantitative estimate of drug-likeness (QED) is 0.787. The summed E-state index contributed by atoms with van der Waals surface area (Å²) in [5, 5.41) is 2.81. The van der Waals surface area contributed by atoms with Gasteiger partial charge in [0.05, 0.1) is 6.04 Å². The predicted molar refractivity (Wildman–Crippen MR) is 102 cm³/mol. The number of hydrogen-bond donors (Lipinski definition) is 2. The summed E-state index contributed by atoms with van der Waals surface area (Å²) in [5.41, 5.74) is -0.440. The average molecular weight is 412 g/mol. The molecule has 0 unspecified atom stereocenters. The first-order chi connectivity index (χ1) is 13.3. The van der Waals surface area contributed by atoms with Crippen molar-refractivity contribution in [2.45, 2.75) is 33.2 Å². The summed E-state index contributed by atoms with van der Waals surface area (Å²) in [4.78, 5) is 32.8. The highest BCUT2D eigenvalue weighted by molar-refractivity contribution is 5.92. The first-order valence-corrected chi connectivity index (χ1v) is 8.71. The number of nitrogens with zero attached hydrogens (tertiary/aromatic N) is 2. The second kappa shape index (κ2) is 8.14. The smallest absolute Gasteiger partial charge is 0.406 e. The Balaban J connectivity index is 2.30. The normalized spacial score (nSPS) is 13.0. The molecule has 7 nitrogen and oxygen atoms in total. The van der Waals surface area contributed by atoms with E-state index in [1.807, 2.05) is 20.8 Å². The number of carbonyl (C=O) groups excluding carboxylic acids is 1. The maximum atomic E-state index is 12.7. The number of ether oxygens (including phenoxy) is 1. The topological polar surface area (TPSA) is 87.3 Å². The van der Waals surface area contributed by atoms with Crippen molar-refractivity contribution in [2.75, 3.05) is 19.0 Å². The number of rotatable bonds is 5. The summed E-state index contributed by atoms with van der Waals surface area (Å²) in [6.45, 7) is 5.61. The zero-order valence-corrected chi connectivity index (χ0v) is 16.7. The summed E-state index contributed by atoms with van der Waals surface area (Å²) < 4.78 is 40.9. The van der Waals surface area contributed by atoms with Gasteiger partial charge >= 0.3 is 6.36 Å². The van der Waals surface area contributed by atoms with Gasteiger partial charge in [-0.25, -0.2) is 4.98 Å². The molecule has 2 N–H and O–H groups in total. The van der Waals surface area contributed by atoms with Crippen molar-refractivity contribution in [3.63, 3.8) is 0 Å². The number of aromatic nitrogens is 2. The van der Waals surface area contributed by atoms with Gasteiger partial charge in [-0.1, -0.05) is 32.9 Å². The molecule has 1 aromatic heterocycles. The van der Waals surface area contributed by atoms with E-state index < -0.39 is 29.3 Å². The maximum Gasteiger partial charge on any atom is 0.573 e. The first kappa shape index (κ1) is 22.3. The number of halogens is 3. The standard InChI is InChI=1S/C19H23F3N4O3/c1-18(2,3)15(11-6-8-12(9-7-11)29-19(20,21)22)25-16(28)13-10-14(27)24-17(23-13)26(4)5/h6-10,15H,1-5H3,(H,25,28)(H,23,24,27)/t15-/m0/s1. The van der Waals surface area contributed by atoms with Gasteiger partial charge in [-0.2, -0.15) is 0 Å². The second-order valence-corrected chi connectivity index (χ2v) is 7.74. The molecule has 0 aliphatic carbocycles. The molecular formula is C19H23F3N4O3. The number of H-pyrrole nitrogens is 1. The number of benzene rings is 1. The Bertz CT molecular complexity index is 916. The molecule has 1 aromatic carbocycles. The van der Waals surface area contributed by atoms with E-state index in [2.05, 4.69) is 20.0 Å². The summed E-state index contributed by atoms with van der Waals surface area (Å²) in [6, 6.07) is 5.80. The van der Waals surface area contributed by atoms with Crippen LogP contribution < -0.4 is 20.5 Å². The number of nitrogens with one attached hydrogen (secondary N) is 2. The Kier molecular flexibility index (Phi) is 6.24. The van der Waals surface area contributed by atoms with Crippen molar-refractivity contribution in [1.29, 1.82) is 0 Å². The first-order valence-electron chi connectivity index (χ1n) is 8.71. The second-order valence-electron chi connectivity index (χ2n) is 7.74. The molecule has 0 bridgehead atoms. The number of amides is 1. The molecule has 0 aliphatic heterocycles. The van der Waals surface area contributed by atoms with Gasteiger partial charge in [0.2, 0.25) is 5.95 Å². The monoisotopic (exact) mass is 412 g/mol. The zero-order chi connectivity index (χ0) is 22.0. The number of carbonyl (C=O) groups is 1. The molecule has 29 heavy (non-hydrogen) atoms. The molecule has 0 saturated heterocycles. The van der Waals surface area contributed by atoms with Gasteiger partial charge in [0.1, 0.15) is 11.4 Å². The van der Waals surface area contributed by atoms with Crippen molar-refractivity contribution < 1.29 is 22.7 Å². The van der Waals surface area contributed by atoms with Crippen LogP contribution in [-0.2, 0) is 0 Å². The van der Waals surface area contributed by atoms with Crippen LogP contribution in [0.15, 0.2) is 35.1 Å². The van der Waals surface area contributed by atoms with Crippen molar-refractivity contribution in [2.24, 2.45) is 5.41 Å². The number of hydrogen-bond acceptors (Lipinski definition) is 5. The highest BCUT2D eigenvalue weighted by atomic mass is 19.4. The Morgan fingerprint density at radius 2 is 1.76 bits per heavy atom. The Hall–Kier alpha value is -3.04. The highest BCUT2D eigenvalue weighted by Gasteiger charge is 2.32. The minimum Gasteiger partial charge on any atom is -0.406 e. The zero-order valence-electron chi connectivity index (χ0n) is 16.7. The van der Waals surface area contributed by atoms with E-state index in [1.165, 1.54) is 24.3 Å². The van der Waals surface area contributed by atoms with Crippen molar-refractivity contribution in [3.8, 4) is 5.75 Å². The molecule has 158 valence electrons. The van der Waals surface area contributed by atoms with Gasteiger partial charge in [-0.05, 0) is 23.1 Å². The third kappa shape index (κ3) is 6.23. The number of alkyl halides is 3. The molecule has 0 radical (unpaired) electrons. The predicted octanol–water partition coefficient (Wildman–Crippen LogP) is 3.25. The van der Waals surface area contributed by atoms with Crippen LogP contribution in [0, 0.1) is 5.41 Å². The SMILES string of the molecule is CN(C)c1nc(C(=O)N[C@@H](c2ccc(OC(F)(F)F)cc2)C(C)(C)C)cc(=O)[nH]1. The van der Waals surface area contributed by atoms with Crippen LogP contribution >= 0.6 is 0 Å². The average Bonchev–Trinajstić information content (AvgIpc) is 2.57. The number of anilines is 1.